The maximum absolute atomic E-state index is 5.57. The Kier molecular flexibility index (Phi) is 4.98. The lowest BCUT2D eigenvalue weighted by atomic mass is 10.3. The third-order valence-electron chi connectivity index (χ3n) is 2.40. The summed E-state index contributed by atoms with van der Waals surface area (Å²) < 4.78 is 0. The highest BCUT2D eigenvalue weighted by atomic mass is 15.2. The Morgan fingerprint density at radius 3 is 2.62 bits per heavy atom. The maximum atomic E-state index is 5.57. The second kappa shape index (κ2) is 6.27. The highest BCUT2D eigenvalue weighted by Gasteiger charge is 2.05. The number of hydrogen-bond acceptors (Lipinski definition) is 5. The topological polar surface area (TPSA) is 58.3 Å². The van der Waals surface area contributed by atoms with Gasteiger partial charge in [-0.25, -0.2) is 4.98 Å². The zero-order chi connectivity index (χ0) is 12.0. The zero-order valence-corrected chi connectivity index (χ0v) is 10.3. The quantitative estimate of drug-likeness (QED) is 0.774. The lowest BCUT2D eigenvalue weighted by Crippen LogP contribution is -2.28. The molecule has 5 nitrogen and oxygen atoms in total. The minimum atomic E-state index is 0.337. The summed E-state index contributed by atoms with van der Waals surface area (Å²) >= 11 is 0. The second-order valence-corrected chi connectivity index (χ2v) is 4.01. The zero-order valence-electron chi connectivity index (χ0n) is 10.3. The first kappa shape index (κ1) is 12.7. The molecule has 1 heterocycles. The summed E-state index contributed by atoms with van der Waals surface area (Å²) in [6.07, 6.45) is 2.82. The van der Waals surface area contributed by atoms with Crippen LogP contribution in [0.25, 0.3) is 0 Å². The van der Waals surface area contributed by atoms with Gasteiger partial charge in [-0.15, -0.1) is 0 Å². The van der Waals surface area contributed by atoms with Crippen molar-refractivity contribution < 1.29 is 0 Å². The third-order valence-corrected chi connectivity index (χ3v) is 2.40. The number of nitrogen functional groups attached to an aromatic ring is 1. The fraction of sp³-hybridized carbons (Fsp3) is 0.636. The van der Waals surface area contributed by atoms with Crippen molar-refractivity contribution in [3.63, 3.8) is 0 Å². The molecule has 5 heteroatoms. The monoisotopic (exact) mass is 223 g/mol. The normalized spacial score (nSPS) is 10.8. The van der Waals surface area contributed by atoms with Crippen LogP contribution >= 0.6 is 0 Å². The van der Waals surface area contributed by atoms with E-state index in [9.17, 15) is 0 Å². The molecule has 0 saturated heterocycles. The molecular formula is C11H21N5. The van der Waals surface area contributed by atoms with E-state index in [0.29, 0.717) is 5.95 Å². The molecule has 0 radical (unpaired) electrons. The van der Waals surface area contributed by atoms with Crippen molar-refractivity contribution in [2.75, 3.05) is 44.4 Å². The van der Waals surface area contributed by atoms with Crippen molar-refractivity contribution in [2.45, 2.75) is 13.3 Å². The molecule has 0 atom stereocenters. The average molecular weight is 223 g/mol. The molecule has 2 N–H and O–H groups in total. The molecule has 1 aromatic rings. The van der Waals surface area contributed by atoms with Gasteiger partial charge < -0.3 is 15.5 Å². The summed E-state index contributed by atoms with van der Waals surface area (Å²) in [7, 11) is 4.16. The molecule has 0 saturated carbocycles. The molecule has 16 heavy (non-hydrogen) atoms. The number of aromatic nitrogens is 2. The van der Waals surface area contributed by atoms with Crippen LogP contribution in [-0.2, 0) is 0 Å². The first-order valence-corrected chi connectivity index (χ1v) is 5.61. The summed E-state index contributed by atoms with van der Waals surface area (Å²) in [5, 5.41) is 0. The standard InChI is InChI=1S/C11H21N5/c1-4-16(9-5-8-15(2)3)10-6-7-13-11(12)14-10/h6-7H,4-5,8-9H2,1-3H3,(H2,12,13,14). The van der Waals surface area contributed by atoms with Crippen LogP contribution < -0.4 is 10.6 Å². The summed E-state index contributed by atoms with van der Waals surface area (Å²) in [6, 6.07) is 1.90. The van der Waals surface area contributed by atoms with E-state index >= 15 is 0 Å². The molecule has 0 bridgehead atoms. The highest BCUT2D eigenvalue weighted by molar-refractivity contribution is 5.40. The van der Waals surface area contributed by atoms with Crippen LogP contribution in [-0.4, -0.2) is 48.6 Å². The molecule has 0 aliphatic heterocycles. The van der Waals surface area contributed by atoms with E-state index in [-0.39, 0.29) is 0 Å². The Balaban J connectivity index is 2.53. The number of nitrogens with zero attached hydrogens (tertiary/aromatic N) is 4. The van der Waals surface area contributed by atoms with Gasteiger partial charge in [-0.3, -0.25) is 0 Å². The highest BCUT2D eigenvalue weighted by Crippen LogP contribution is 2.10. The number of anilines is 2. The molecule has 1 aromatic heterocycles. The lowest BCUT2D eigenvalue weighted by molar-refractivity contribution is 0.400. The lowest BCUT2D eigenvalue weighted by Gasteiger charge is -2.22. The van der Waals surface area contributed by atoms with Gasteiger partial charge in [-0.05, 0) is 40.1 Å². The van der Waals surface area contributed by atoms with Crippen LogP contribution in [0.1, 0.15) is 13.3 Å². The smallest absolute Gasteiger partial charge is 0.221 e. The Hall–Kier alpha value is -1.36. The average Bonchev–Trinajstić information content (AvgIpc) is 2.24. The Bertz CT molecular complexity index is 313. The van der Waals surface area contributed by atoms with E-state index in [1.807, 2.05) is 6.07 Å². The largest absolute Gasteiger partial charge is 0.368 e. The van der Waals surface area contributed by atoms with E-state index in [0.717, 1.165) is 31.9 Å². The predicted molar refractivity (Wildman–Crippen MR) is 67.5 cm³/mol. The fourth-order valence-corrected chi connectivity index (χ4v) is 1.55. The van der Waals surface area contributed by atoms with Gasteiger partial charge in [0.25, 0.3) is 0 Å². The van der Waals surface area contributed by atoms with E-state index in [4.69, 9.17) is 5.73 Å². The van der Waals surface area contributed by atoms with Gasteiger partial charge in [0.2, 0.25) is 5.95 Å². The first-order valence-electron chi connectivity index (χ1n) is 5.61. The first-order chi connectivity index (χ1) is 7.63. The predicted octanol–water partition coefficient (Wildman–Crippen LogP) is 0.837. The molecule has 0 aromatic carbocycles. The summed E-state index contributed by atoms with van der Waals surface area (Å²) in [6.45, 7) is 5.13. The van der Waals surface area contributed by atoms with Crippen molar-refractivity contribution in [3.05, 3.63) is 12.3 Å². The van der Waals surface area contributed by atoms with Crippen molar-refractivity contribution in [1.29, 1.82) is 0 Å². The SMILES string of the molecule is CCN(CCCN(C)C)c1ccnc(N)n1. The van der Waals surface area contributed by atoms with Crippen LogP contribution in [0.15, 0.2) is 12.3 Å². The van der Waals surface area contributed by atoms with E-state index < -0.39 is 0 Å². The number of nitrogens with two attached hydrogens (primary N) is 1. The molecule has 0 fully saturated rings. The van der Waals surface area contributed by atoms with Gasteiger partial charge in [0, 0.05) is 19.3 Å². The van der Waals surface area contributed by atoms with E-state index in [1.54, 1.807) is 6.20 Å². The Labute approximate surface area is 97.3 Å². The maximum Gasteiger partial charge on any atom is 0.221 e. The Morgan fingerprint density at radius 2 is 2.06 bits per heavy atom. The summed E-state index contributed by atoms with van der Waals surface area (Å²) in [5.41, 5.74) is 5.57. The molecule has 1 rings (SSSR count). The molecule has 90 valence electrons. The summed E-state index contributed by atoms with van der Waals surface area (Å²) in [4.78, 5) is 12.5. The van der Waals surface area contributed by atoms with E-state index in [1.165, 1.54) is 0 Å². The number of hydrogen-bond donors (Lipinski definition) is 1. The van der Waals surface area contributed by atoms with Crippen LogP contribution in [0.2, 0.25) is 0 Å². The van der Waals surface area contributed by atoms with Gasteiger partial charge in [0.15, 0.2) is 0 Å². The van der Waals surface area contributed by atoms with Gasteiger partial charge in [0.05, 0.1) is 0 Å². The molecule has 0 aliphatic carbocycles. The van der Waals surface area contributed by atoms with Gasteiger partial charge in [-0.2, -0.15) is 4.98 Å². The third kappa shape index (κ3) is 4.02. The van der Waals surface area contributed by atoms with E-state index in [2.05, 4.69) is 40.8 Å². The Morgan fingerprint density at radius 1 is 1.31 bits per heavy atom. The van der Waals surface area contributed by atoms with Crippen LogP contribution in [0.5, 0.6) is 0 Å². The van der Waals surface area contributed by atoms with Crippen molar-refractivity contribution in [1.82, 2.24) is 14.9 Å². The minimum absolute atomic E-state index is 0.337. The van der Waals surface area contributed by atoms with Gasteiger partial charge in [0.1, 0.15) is 5.82 Å². The molecule has 0 spiro atoms. The van der Waals surface area contributed by atoms with Gasteiger partial charge >= 0.3 is 0 Å². The van der Waals surface area contributed by atoms with Crippen LogP contribution in [0.3, 0.4) is 0 Å². The molecule has 0 aliphatic rings. The van der Waals surface area contributed by atoms with Gasteiger partial charge in [-0.1, -0.05) is 0 Å². The molecule has 0 unspecified atom stereocenters. The van der Waals surface area contributed by atoms with Crippen molar-refractivity contribution >= 4 is 11.8 Å². The number of rotatable bonds is 6. The van der Waals surface area contributed by atoms with Crippen molar-refractivity contribution in [3.8, 4) is 0 Å². The molecular weight excluding hydrogens is 202 g/mol. The van der Waals surface area contributed by atoms with Crippen molar-refractivity contribution in [2.24, 2.45) is 0 Å². The minimum Gasteiger partial charge on any atom is -0.368 e. The van der Waals surface area contributed by atoms with Crippen LogP contribution in [0, 0.1) is 0 Å². The summed E-state index contributed by atoms with van der Waals surface area (Å²) in [5.74, 6) is 1.25. The molecule has 0 amide bonds. The van der Waals surface area contributed by atoms with Crippen LogP contribution in [0.4, 0.5) is 11.8 Å². The second-order valence-electron chi connectivity index (χ2n) is 4.01. The fourth-order valence-electron chi connectivity index (χ4n) is 1.55.